The first-order valence-corrected chi connectivity index (χ1v) is 8.83. The van der Waals surface area contributed by atoms with E-state index in [1.165, 1.54) is 6.07 Å². The number of aryl methyl sites for hydroxylation is 1. The van der Waals surface area contributed by atoms with Gasteiger partial charge < -0.3 is 10.3 Å². The van der Waals surface area contributed by atoms with Crippen molar-refractivity contribution in [3.8, 4) is 0 Å². The maximum Gasteiger partial charge on any atom is 0.416 e. The van der Waals surface area contributed by atoms with E-state index in [0.717, 1.165) is 32.0 Å². The second-order valence-electron chi connectivity index (χ2n) is 6.82. The number of piperidine rings is 1. The molecule has 9 heteroatoms. The number of likely N-dealkylation sites (tertiary alicyclic amines) is 1. The molecular weight excluding hydrogens is 361 g/mol. The van der Waals surface area contributed by atoms with Crippen LogP contribution in [0, 0.1) is 5.92 Å². The number of hydrogen-bond acceptors (Lipinski definition) is 5. The minimum atomic E-state index is -4.33. The number of benzene rings is 1. The van der Waals surface area contributed by atoms with Crippen LogP contribution in [0.2, 0.25) is 0 Å². The first-order valence-electron chi connectivity index (χ1n) is 8.83. The van der Waals surface area contributed by atoms with Crippen molar-refractivity contribution in [1.82, 2.24) is 15.0 Å². The van der Waals surface area contributed by atoms with Gasteiger partial charge in [-0.3, -0.25) is 9.69 Å². The van der Waals surface area contributed by atoms with E-state index in [1.54, 1.807) is 12.1 Å². The number of nitrogens with zero attached hydrogens (tertiary/aromatic N) is 3. The zero-order valence-electron chi connectivity index (χ0n) is 14.7. The van der Waals surface area contributed by atoms with Crippen molar-refractivity contribution in [2.75, 3.05) is 13.1 Å². The van der Waals surface area contributed by atoms with Crippen LogP contribution in [0.15, 0.2) is 28.8 Å². The SMILES string of the molecule is NC(=O)c1nc(CN2CCCC(CCc3ccccc3C(F)(F)F)C2)no1. The number of hydrogen-bond donors (Lipinski definition) is 1. The molecule has 1 fully saturated rings. The maximum absolute atomic E-state index is 13.1. The highest BCUT2D eigenvalue weighted by Gasteiger charge is 2.33. The molecule has 146 valence electrons. The number of rotatable bonds is 6. The summed E-state index contributed by atoms with van der Waals surface area (Å²) >= 11 is 0. The highest BCUT2D eigenvalue weighted by atomic mass is 19.4. The van der Waals surface area contributed by atoms with Gasteiger partial charge in [-0.15, -0.1) is 0 Å². The van der Waals surface area contributed by atoms with Gasteiger partial charge in [0.2, 0.25) is 0 Å². The molecule has 0 spiro atoms. The van der Waals surface area contributed by atoms with Crippen LogP contribution >= 0.6 is 0 Å². The van der Waals surface area contributed by atoms with Crippen LogP contribution in [0.25, 0.3) is 0 Å². The summed E-state index contributed by atoms with van der Waals surface area (Å²) in [6, 6.07) is 5.74. The van der Waals surface area contributed by atoms with Crippen LogP contribution in [0.4, 0.5) is 13.2 Å². The lowest BCUT2D eigenvalue weighted by molar-refractivity contribution is -0.138. The average molecular weight is 382 g/mol. The average Bonchev–Trinajstić information content (AvgIpc) is 3.09. The molecule has 0 bridgehead atoms. The van der Waals surface area contributed by atoms with Gasteiger partial charge in [-0.2, -0.15) is 18.2 Å². The van der Waals surface area contributed by atoms with Crippen LogP contribution < -0.4 is 5.73 Å². The third-order valence-electron chi connectivity index (χ3n) is 4.79. The largest absolute Gasteiger partial charge is 0.416 e. The van der Waals surface area contributed by atoms with Crippen molar-refractivity contribution in [2.24, 2.45) is 11.7 Å². The number of carbonyl (C=O) groups excluding carboxylic acids is 1. The molecule has 1 aliphatic heterocycles. The van der Waals surface area contributed by atoms with Gasteiger partial charge in [-0.25, -0.2) is 0 Å². The Morgan fingerprint density at radius 1 is 1.33 bits per heavy atom. The first kappa shape index (κ1) is 19.3. The van der Waals surface area contributed by atoms with E-state index in [9.17, 15) is 18.0 Å². The van der Waals surface area contributed by atoms with Crippen LogP contribution in [0.1, 0.15) is 46.9 Å². The fraction of sp³-hybridized carbons (Fsp3) is 0.500. The summed E-state index contributed by atoms with van der Waals surface area (Å²) in [4.78, 5) is 17.1. The molecular formula is C18H21F3N4O2. The highest BCUT2D eigenvalue weighted by Crippen LogP contribution is 2.33. The minimum Gasteiger partial charge on any atom is -0.361 e. The maximum atomic E-state index is 13.1. The predicted octanol–water partition coefficient (Wildman–Crippen LogP) is 3.03. The fourth-order valence-corrected chi connectivity index (χ4v) is 3.52. The number of carbonyl (C=O) groups is 1. The van der Waals surface area contributed by atoms with E-state index < -0.39 is 17.6 Å². The number of alkyl halides is 3. The molecule has 0 saturated carbocycles. The van der Waals surface area contributed by atoms with E-state index in [1.807, 2.05) is 0 Å². The molecule has 3 rings (SSSR count). The van der Waals surface area contributed by atoms with E-state index in [0.29, 0.717) is 36.7 Å². The third kappa shape index (κ3) is 5.06. The van der Waals surface area contributed by atoms with Gasteiger partial charge in [-0.1, -0.05) is 23.4 Å². The molecule has 2 aromatic rings. The number of nitrogens with two attached hydrogens (primary N) is 1. The van der Waals surface area contributed by atoms with Gasteiger partial charge in [-0.05, 0) is 49.8 Å². The highest BCUT2D eigenvalue weighted by molar-refractivity contribution is 5.87. The van der Waals surface area contributed by atoms with E-state index >= 15 is 0 Å². The van der Waals surface area contributed by atoms with Crippen molar-refractivity contribution in [2.45, 2.75) is 38.4 Å². The molecule has 0 radical (unpaired) electrons. The van der Waals surface area contributed by atoms with Crippen LogP contribution in [-0.2, 0) is 19.1 Å². The lowest BCUT2D eigenvalue weighted by atomic mass is 9.90. The quantitative estimate of drug-likeness (QED) is 0.830. The summed E-state index contributed by atoms with van der Waals surface area (Å²) < 4.78 is 44.1. The van der Waals surface area contributed by atoms with Gasteiger partial charge in [0.15, 0.2) is 5.82 Å². The molecule has 1 aliphatic rings. The summed E-state index contributed by atoms with van der Waals surface area (Å²) in [5, 5.41) is 3.74. The Morgan fingerprint density at radius 2 is 2.11 bits per heavy atom. The molecule has 2 N–H and O–H groups in total. The van der Waals surface area contributed by atoms with Gasteiger partial charge in [0, 0.05) is 6.54 Å². The van der Waals surface area contributed by atoms with E-state index in [2.05, 4.69) is 15.0 Å². The Hall–Kier alpha value is -2.42. The summed E-state index contributed by atoms with van der Waals surface area (Å²) in [5.74, 6) is -0.315. The number of amides is 1. The normalized spacial score (nSPS) is 18.6. The van der Waals surface area contributed by atoms with Crippen LogP contribution in [0.5, 0.6) is 0 Å². The zero-order chi connectivity index (χ0) is 19.4. The van der Waals surface area contributed by atoms with Gasteiger partial charge in [0.1, 0.15) is 0 Å². The van der Waals surface area contributed by atoms with Crippen molar-refractivity contribution >= 4 is 5.91 Å². The lowest BCUT2D eigenvalue weighted by Crippen LogP contribution is -2.35. The molecule has 1 amide bonds. The monoisotopic (exact) mass is 382 g/mol. The molecule has 1 atom stereocenters. The summed E-state index contributed by atoms with van der Waals surface area (Å²) in [5.41, 5.74) is 4.88. The Balaban J connectivity index is 1.57. The molecule has 6 nitrogen and oxygen atoms in total. The Bertz CT molecular complexity index is 791. The van der Waals surface area contributed by atoms with Crippen molar-refractivity contribution in [3.63, 3.8) is 0 Å². The Morgan fingerprint density at radius 3 is 2.81 bits per heavy atom. The second-order valence-corrected chi connectivity index (χ2v) is 6.82. The second kappa shape index (κ2) is 8.08. The number of aromatic nitrogens is 2. The van der Waals surface area contributed by atoms with Crippen molar-refractivity contribution in [3.05, 3.63) is 47.1 Å². The molecule has 2 heterocycles. The first-order chi connectivity index (χ1) is 12.8. The minimum absolute atomic E-state index is 0.220. The molecule has 1 aromatic carbocycles. The molecule has 1 aromatic heterocycles. The lowest BCUT2D eigenvalue weighted by Gasteiger charge is -2.32. The zero-order valence-corrected chi connectivity index (χ0v) is 14.7. The predicted molar refractivity (Wildman–Crippen MR) is 90.6 cm³/mol. The van der Waals surface area contributed by atoms with Gasteiger partial charge in [0.25, 0.3) is 0 Å². The summed E-state index contributed by atoms with van der Waals surface area (Å²) in [6.45, 7) is 2.01. The van der Waals surface area contributed by atoms with Gasteiger partial charge in [0.05, 0.1) is 12.1 Å². The van der Waals surface area contributed by atoms with E-state index in [-0.39, 0.29) is 5.89 Å². The topological polar surface area (TPSA) is 85.3 Å². The van der Waals surface area contributed by atoms with Crippen LogP contribution in [0.3, 0.4) is 0 Å². The standard InChI is InChI=1S/C18H21F3N4O2/c19-18(20,21)14-6-2-1-5-13(14)8-7-12-4-3-9-25(10-12)11-15-23-17(16(22)26)27-24-15/h1-2,5-6,12H,3-4,7-11H2,(H2,22,26). The molecule has 1 saturated heterocycles. The van der Waals surface area contributed by atoms with Crippen LogP contribution in [-0.4, -0.2) is 34.0 Å². The molecule has 1 unspecified atom stereocenters. The fourth-order valence-electron chi connectivity index (χ4n) is 3.52. The Labute approximate surface area is 154 Å². The smallest absolute Gasteiger partial charge is 0.361 e. The van der Waals surface area contributed by atoms with E-state index in [4.69, 9.17) is 10.3 Å². The van der Waals surface area contributed by atoms with Gasteiger partial charge >= 0.3 is 18.0 Å². The molecule has 0 aliphatic carbocycles. The van der Waals surface area contributed by atoms with Crippen molar-refractivity contribution < 1.29 is 22.5 Å². The summed E-state index contributed by atoms with van der Waals surface area (Å²) in [6.07, 6.45) is -1.33. The number of halogens is 3. The summed E-state index contributed by atoms with van der Waals surface area (Å²) in [7, 11) is 0. The van der Waals surface area contributed by atoms with Crippen molar-refractivity contribution in [1.29, 1.82) is 0 Å². The number of primary amides is 1. The Kier molecular flexibility index (Phi) is 5.79. The third-order valence-corrected chi connectivity index (χ3v) is 4.79. The molecule has 27 heavy (non-hydrogen) atoms.